The third-order valence-electron chi connectivity index (χ3n) is 2.66. The van der Waals surface area contributed by atoms with Crippen molar-refractivity contribution >= 4 is 6.09 Å². The summed E-state index contributed by atoms with van der Waals surface area (Å²) in [5, 5.41) is 2.94. The van der Waals surface area contributed by atoms with Gasteiger partial charge < -0.3 is 15.0 Å². The molecule has 2 unspecified atom stereocenters. The van der Waals surface area contributed by atoms with Gasteiger partial charge >= 0.3 is 6.09 Å². The van der Waals surface area contributed by atoms with Crippen LogP contribution in [-0.2, 0) is 4.74 Å². The molecule has 2 atom stereocenters. The molecule has 0 aromatic heterocycles. The molecule has 0 spiro atoms. The molecule has 1 N–H and O–H groups in total. The molecule has 1 aliphatic heterocycles. The zero-order valence-corrected chi connectivity index (χ0v) is 11.2. The van der Waals surface area contributed by atoms with E-state index < -0.39 is 17.9 Å². The van der Waals surface area contributed by atoms with Crippen LogP contribution in [-0.4, -0.2) is 48.4 Å². The van der Waals surface area contributed by atoms with Crippen LogP contribution in [0.2, 0.25) is 0 Å². The summed E-state index contributed by atoms with van der Waals surface area (Å²) in [5.41, 5.74) is -0.554. The number of rotatable bonds is 2. The standard InChI is InChI=1S/C13H21FN2O2/c1-5-7-15-11-6-8-16(9-10(11)14)12(17)18-13(2,3)4/h1,10-11,15H,6-9H2,2-4H3. The van der Waals surface area contributed by atoms with Crippen molar-refractivity contribution in [1.29, 1.82) is 0 Å². The summed E-state index contributed by atoms with van der Waals surface area (Å²) in [6, 6.07) is -0.278. The first kappa shape index (κ1) is 14.8. The Morgan fingerprint density at radius 2 is 2.28 bits per heavy atom. The van der Waals surface area contributed by atoms with E-state index in [2.05, 4.69) is 11.2 Å². The number of alkyl halides is 1. The predicted octanol–water partition coefficient (Wildman–Crippen LogP) is 1.56. The SMILES string of the molecule is C#CCNC1CCN(C(=O)OC(C)(C)C)CC1F. The molecule has 5 heteroatoms. The quantitative estimate of drug-likeness (QED) is 0.762. The highest BCUT2D eigenvalue weighted by molar-refractivity contribution is 5.68. The summed E-state index contributed by atoms with van der Waals surface area (Å²) >= 11 is 0. The average molecular weight is 256 g/mol. The van der Waals surface area contributed by atoms with Crippen molar-refractivity contribution in [2.45, 2.75) is 45.0 Å². The van der Waals surface area contributed by atoms with E-state index >= 15 is 0 Å². The molecular weight excluding hydrogens is 235 g/mol. The van der Waals surface area contributed by atoms with E-state index in [0.29, 0.717) is 19.5 Å². The molecule has 0 aromatic rings. The first-order valence-corrected chi connectivity index (χ1v) is 6.12. The van der Waals surface area contributed by atoms with Crippen molar-refractivity contribution in [3.8, 4) is 12.3 Å². The molecule has 1 amide bonds. The topological polar surface area (TPSA) is 41.6 Å². The molecule has 1 heterocycles. The summed E-state index contributed by atoms with van der Waals surface area (Å²) in [7, 11) is 0. The maximum Gasteiger partial charge on any atom is 0.410 e. The fourth-order valence-corrected chi connectivity index (χ4v) is 1.82. The highest BCUT2D eigenvalue weighted by atomic mass is 19.1. The van der Waals surface area contributed by atoms with Gasteiger partial charge in [-0.1, -0.05) is 5.92 Å². The van der Waals surface area contributed by atoms with Crippen molar-refractivity contribution in [2.75, 3.05) is 19.6 Å². The molecule has 0 aromatic carbocycles. The number of likely N-dealkylation sites (tertiary alicyclic amines) is 1. The summed E-state index contributed by atoms with van der Waals surface area (Å²) < 4.78 is 19.0. The Morgan fingerprint density at radius 3 is 2.78 bits per heavy atom. The highest BCUT2D eigenvalue weighted by Crippen LogP contribution is 2.17. The minimum atomic E-state index is -1.11. The minimum Gasteiger partial charge on any atom is -0.444 e. The largest absolute Gasteiger partial charge is 0.444 e. The van der Waals surface area contributed by atoms with Crippen LogP contribution in [0.3, 0.4) is 0 Å². The average Bonchev–Trinajstić information content (AvgIpc) is 2.25. The van der Waals surface area contributed by atoms with Crippen LogP contribution in [0.25, 0.3) is 0 Å². The Morgan fingerprint density at radius 1 is 1.61 bits per heavy atom. The van der Waals surface area contributed by atoms with E-state index in [4.69, 9.17) is 11.2 Å². The first-order chi connectivity index (χ1) is 8.33. The molecular formula is C13H21FN2O2. The van der Waals surface area contributed by atoms with E-state index in [1.165, 1.54) is 4.90 Å². The van der Waals surface area contributed by atoms with Gasteiger partial charge in [-0.05, 0) is 27.2 Å². The monoisotopic (exact) mass is 256 g/mol. The summed E-state index contributed by atoms with van der Waals surface area (Å²) in [6.45, 7) is 6.25. The third kappa shape index (κ3) is 4.53. The molecule has 18 heavy (non-hydrogen) atoms. The van der Waals surface area contributed by atoms with E-state index in [9.17, 15) is 9.18 Å². The maximum atomic E-state index is 13.8. The Balaban J connectivity index is 2.45. The normalized spacial score (nSPS) is 24.5. The number of carbonyl (C=O) groups is 1. The number of halogens is 1. The van der Waals surface area contributed by atoms with Gasteiger partial charge in [0.05, 0.1) is 13.1 Å². The number of hydrogen-bond donors (Lipinski definition) is 1. The number of ether oxygens (including phenoxy) is 1. The fraction of sp³-hybridized carbons (Fsp3) is 0.769. The van der Waals surface area contributed by atoms with Crippen LogP contribution in [0.1, 0.15) is 27.2 Å². The second-order valence-electron chi connectivity index (χ2n) is 5.42. The molecule has 0 saturated carbocycles. The van der Waals surface area contributed by atoms with Crippen molar-refractivity contribution in [3.63, 3.8) is 0 Å². The highest BCUT2D eigenvalue weighted by Gasteiger charge is 2.33. The number of nitrogens with zero attached hydrogens (tertiary/aromatic N) is 1. The zero-order chi connectivity index (χ0) is 13.8. The lowest BCUT2D eigenvalue weighted by atomic mass is 10.0. The second kappa shape index (κ2) is 6.05. The van der Waals surface area contributed by atoms with Gasteiger partial charge in [-0.3, -0.25) is 0 Å². The Bertz CT molecular complexity index is 333. The van der Waals surface area contributed by atoms with E-state index in [-0.39, 0.29) is 12.6 Å². The van der Waals surface area contributed by atoms with E-state index in [1.807, 2.05) is 0 Å². The third-order valence-corrected chi connectivity index (χ3v) is 2.66. The van der Waals surface area contributed by atoms with Gasteiger partial charge in [0.1, 0.15) is 11.8 Å². The van der Waals surface area contributed by atoms with Gasteiger partial charge in [-0.25, -0.2) is 9.18 Å². The van der Waals surface area contributed by atoms with Crippen LogP contribution in [0, 0.1) is 12.3 Å². The molecule has 1 rings (SSSR count). The van der Waals surface area contributed by atoms with Crippen LogP contribution >= 0.6 is 0 Å². The van der Waals surface area contributed by atoms with Crippen molar-refractivity contribution in [1.82, 2.24) is 10.2 Å². The number of piperidine rings is 1. The van der Waals surface area contributed by atoms with Crippen LogP contribution in [0.15, 0.2) is 0 Å². The Hall–Kier alpha value is -1.28. The fourth-order valence-electron chi connectivity index (χ4n) is 1.82. The maximum absolute atomic E-state index is 13.8. The summed E-state index contributed by atoms with van der Waals surface area (Å²) in [4.78, 5) is 13.2. The second-order valence-corrected chi connectivity index (χ2v) is 5.42. The van der Waals surface area contributed by atoms with Gasteiger partial charge in [-0.15, -0.1) is 6.42 Å². The lowest BCUT2D eigenvalue weighted by Crippen LogP contribution is -2.53. The van der Waals surface area contributed by atoms with Gasteiger partial charge in [0.2, 0.25) is 0 Å². The number of nitrogens with one attached hydrogen (secondary N) is 1. The first-order valence-electron chi connectivity index (χ1n) is 6.12. The van der Waals surface area contributed by atoms with Crippen molar-refractivity contribution in [2.24, 2.45) is 0 Å². The zero-order valence-electron chi connectivity index (χ0n) is 11.2. The predicted molar refractivity (Wildman–Crippen MR) is 67.9 cm³/mol. The van der Waals surface area contributed by atoms with Gasteiger partial charge in [0.15, 0.2) is 0 Å². The van der Waals surface area contributed by atoms with Gasteiger partial charge in [0.25, 0.3) is 0 Å². The summed E-state index contributed by atoms with van der Waals surface area (Å²) in [6.07, 6.45) is 4.09. The van der Waals surface area contributed by atoms with Gasteiger partial charge in [0, 0.05) is 12.6 Å². The van der Waals surface area contributed by atoms with Crippen LogP contribution in [0.4, 0.5) is 9.18 Å². The van der Waals surface area contributed by atoms with Crippen LogP contribution < -0.4 is 5.32 Å². The molecule has 1 aliphatic rings. The molecule has 102 valence electrons. The lowest BCUT2D eigenvalue weighted by molar-refractivity contribution is 0.00970. The lowest BCUT2D eigenvalue weighted by Gasteiger charge is -2.35. The smallest absolute Gasteiger partial charge is 0.410 e. The number of carbonyl (C=O) groups excluding carboxylic acids is 1. The number of amides is 1. The number of terminal acetylenes is 1. The van der Waals surface area contributed by atoms with Gasteiger partial charge in [-0.2, -0.15) is 0 Å². The van der Waals surface area contributed by atoms with Crippen LogP contribution in [0.5, 0.6) is 0 Å². The Kier molecular flexibility index (Phi) is 4.97. The van der Waals surface area contributed by atoms with E-state index in [1.54, 1.807) is 20.8 Å². The molecule has 1 saturated heterocycles. The van der Waals surface area contributed by atoms with E-state index in [0.717, 1.165) is 0 Å². The van der Waals surface area contributed by atoms with Crippen molar-refractivity contribution < 1.29 is 13.9 Å². The summed E-state index contributed by atoms with van der Waals surface area (Å²) in [5.74, 6) is 2.42. The minimum absolute atomic E-state index is 0.0527. The number of hydrogen-bond acceptors (Lipinski definition) is 3. The Labute approximate surface area is 108 Å². The molecule has 0 aliphatic carbocycles. The molecule has 0 radical (unpaired) electrons. The molecule has 4 nitrogen and oxygen atoms in total. The van der Waals surface area contributed by atoms with Crippen molar-refractivity contribution in [3.05, 3.63) is 0 Å². The molecule has 1 fully saturated rings. The molecule has 0 bridgehead atoms.